The van der Waals surface area contributed by atoms with Crippen LogP contribution in [0.25, 0.3) is 0 Å². The van der Waals surface area contributed by atoms with Crippen LogP contribution in [0.15, 0.2) is 36.0 Å². The second kappa shape index (κ2) is 7.54. The molecule has 1 spiro atoms. The summed E-state index contributed by atoms with van der Waals surface area (Å²) in [6.45, 7) is 7.80. The van der Waals surface area contributed by atoms with Crippen LogP contribution in [0.1, 0.15) is 28.8 Å². The Kier molecular flexibility index (Phi) is 5.17. The molecular formula is C20H26N2O2S. The van der Waals surface area contributed by atoms with Gasteiger partial charge in [0.25, 0.3) is 0 Å². The van der Waals surface area contributed by atoms with E-state index in [2.05, 4.69) is 28.3 Å². The molecule has 2 aliphatic rings. The van der Waals surface area contributed by atoms with E-state index in [1.165, 1.54) is 22.4 Å². The van der Waals surface area contributed by atoms with Crippen molar-refractivity contribution in [2.24, 2.45) is 5.92 Å². The first kappa shape index (κ1) is 17.2. The minimum atomic E-state index is 0.0885. The van der Waals surface area contributed by atoms with Crippen LogP contribution in [0.5, 0.6) is 0 Å². The average Bonchev–Trinajstić information content (AvgIpc) is 3.19. The molecule has 2 fully saturated rings. The third-order valence-electron chi connectivity index (χ3n) is 5.55. The van der Waals surface area contributed by atoms with Crippen molar-refractivity contribution in [2.75, 3.05) is 26.3 Å². The van der Waals surface area contributed by atoms with E-state index in [-0.39, 0.29) is 5.60 Å². The Morgan fingerprint density at radius 3 is 2.92 bits per heavy atom. The normalized spacial score (nSPS) is 22.4. The molecule has 0 aromatic carbocycles. The molecule has 1 unspecified atom stereocenters. The SMILES string of the molecule is Cc1ccsc1CN1CC2(C1)OCCC2CCOCc1ccncc1. The summed E-state index contributed by atoms with van der Waals surface area (Å²) in [6.07, 6.45) is 5.90. The van der Waals surface area contributed by atoms with E-state index in [0.29, 0.717) is 12.5 Å². The number of hydrogen-bond donors (Lipinski definition) is 0. The van der Waals surface area contributed by atoms with E-state index in [9.17, 15) is 0 Å². The summed E-state index contributed by atoms with van der Waals surface area (Å²) in [5, 5.41) is 2.19. The number of aryl methyl sites for hydroxylation is 1. The van der Waals surface area contributed by atoms with E-state index in [1.54, 1.807) is 0 Å². The van der Waals surface area contributed by atoms with E-state index in [4.69, 9.17) is 9.47 Å². The number of aromatic nitrogens is 1. The first-order valence-corrected chi connectivity index (χ1v) is 9.99. The van der Waals surface area contributed by atoms with Crippen LogP contribution < -0.4 is 0 Å². The molecule has 4 nitrogen and oxygen atoms in total. The van der Waals surface area contributed by atoms with Crippen molar-refractivity contribution >= 4 is 11.3 Å². The summed E-state index contributed by atoms with van der Waals surface area (Å²) in [4.78, 5) is 8.05. The molecule has 1 atom stereocenters. The van der Waals surface area contributed by atoms with Crippen molar-refractivity contribution in [3.05, 3.63) is 52.0 Å². The van der Waals surface area contributed by atoms with Crippen molar-refractivity contribution in [1.82, 2.24) is 9.88 Å². The van der Waals surface area contributed by atoms with Crippen LogP contribution in [0.3, 0.4) is 0 Å². The maximum atomic E-state index is 6.18. The van der Waals surface area contributed by atoms with E-state index in [0.717, 1.165) is 39.3 Å². The molecule has 0 amide bonds. The Balaban J connectivity index is 1.22. The topological polar surface area (TPSA) is 34.6 Å². The third kappa shape index (κ3) is 3.80. The molecule has 2 aliphatic heterocycles. The third-order valence-corrected chi connectivity index (χ3v) is 6.55. The maximum absolute atomic E-state index is 6.18. The molecule has 4 heterocycles. The molecule has 134 valence electrons. The lowest BCUT2D eigenvalue weighted by atomic mass is 9.79. The fourth-order valence-corrected chi connectivity index (χ4v) is 4.98. The average molecular weight is 359 g/mol. The molecule has 0 saturated carbocycles. The van der Waals surface area contributed by atoms with Crippen LogP contribution in [-0.2, 0) is 22.6 Å². The van der Waals surface area contributed by atoms with Gasteiger partial charge in [-0.1, -0.05) is 0 Å². The van der Waals surface area contributed by atoms with Crippen LogP contribution in [0, 0.1) is 12.8 Å². The monoisotopic (exact) mass is 358 g/mol. The molecule has 0 radical (unpaired) electrons. The van der Waals surface area contributed by atoms with Gasteiger partial charge in [0, 0.05) is 50.1 Å². The van der Waals surface area contributed by atoms with Gasteiger partial charge in [-0.2, -0.15) is 0 Å². The zero-order valence-electron chi connectivity index (χ0n) is 14.8. The molecule has 0 N–H and O–H groups in total. The summed E-state index contributed by atoms with van der Waals surface area (Å²) in [5.74, 6) is 0.630. The molecule has 2 aromatic rings. The summed E-state index contributed by atoms with van der Waals surface area (Å²) in [7, 11) is 0. The summed E-state index contributed by atoms with van der Waals surface area (Å²) >= 11 is 1.87. The van der Waals surface area contributed by atoms with Gasteiger partial charge >= 0.3 is 0 Å². The molecule has 5 heteroatoms. The lowest BCUT2D eigenvalue weighted by Gasteiger charge is -2.50. The van der Waals surface area contributed by atoms with Crippen molar-refractivity contribution in [1.29, 1.82) is 0 Å². The first-order valence-electron chi connectivity index (χ1n) is 9.11. The van der Waals surface area contributed by atoms with Crippen molar-refractivity contribution in [3.63, 3.8) is 0 Å². The Hall–Kier alpha value is -1.27. The van der Waals surface area contributed by atoms with Crippen molar-refractivity contribution < 1.29 is 9.47 Å². The van der Waals surface area contributed by atoms with Gasteiger partial charge in [0.1, 0.15) is 0 Å². The molecule has 4 rings (SSSR count). The lowest BCUT2D eigenvalue weighted by Crippen LogP contribution is -2.64. The zero-order chi connectivity index (χ0) is 17.1. The second-order valence-corrected chi connectivity index (χ2v) is 8.27. The highest BCUT2D eigenvalue weighted by Gasteiger charge is 2.52. The highest BCUT2D eigenvalue weighted by Crippen LogP contribution is 2.42. The number of pyridine rings is 1. The first-order chi connectivity index (χ1) is 12.3. The Labute approximate surface area is 153 Å². The predicted octanol–water partition coefficient (Wildman–Crippen LogP) is 3.65. The fourth-order valence-electron chi connectivity index (χ4n) is 4.03. The van der Waals surface area contributed by atoms with Gasteiger partial charge in [0.15, 0.2) is 0 Å². The summed E-state index contributed by atoms with van der Waals surface area (Å²) in [6, 6.07) is 6.23. The van der Waals surface area contributed by atoms with Crippen LogP contribution in [-0.4, -0.2) is 41.8 Å². The summed E-state index contributed by atoms with van der Waals surface area (Å²) < 4.78 is 12.1. The highest BCUT2D eigenvalue weighted by molar-refractivity contribution is 7.10. The van der Waals surface area contributed by atoms with Crippen LogP contribution in [0.4, 0.5) is 0 Å². The van der Waals surface area contributed by atoms with Gasteiger partial charge in [-0.3, -0.25) is 9.88 Å². The molecular weight excluding hydrogens is 332 g/mol. The minimum Gasteiger partial charge on any atom is -0.377 e. The Morgan fingerprint density at radius 2 is 2.16 bits per heavy atom. The quantitative estimate of drug-likeness (QED) is 0.708. The fraction of sp³-hybridized carbons (Fsp3) is 0.550. The smallest absolute Gasteiger partial charge is 0.0964 e. The van der Waals surface area contributed by atoms with E-state index in [1.807, 2.05) is 35.9 Å². The minimum absolute atomic E-state index is 0.0885. The van der Waals surface area contributed by atoms with Gasteiger partial charge in [0.2, 0.25) is 0 Å². The highest BCUT2D eigenvalue weighted by atomic mass is 32.1. The van der Waals surface area contributed by atoms with Crippen molar-refractivity contribution in [2.45, 2.75) is 38.5 Å². The van der Waals surface area contributed by atoms with E-state index >= 15 is 0 Å². The van der Waals surface area contributed by atoms with Crippen LogP contribution >= 0.6 is 11.3 Å². The number of rotatable bonds is 7. The van der Waals surface area contributed by atoms with Gasteiger partial charge in [-0.05, 0) is 60.4 Å². The predicted molar refractivity (Wildman–Crippen MR) is 99.6 cm³/mol. The molecule has 0 aliphatic carbocycles. The number of likely N-dealkylation sites (tertiary alicyclic amines) is 1. The number of thiophene rings is 1. The summed E-state index contributed by atoms with van der Waals surface area (Å²) in [5.41, 5.74) is 2.69. The Bertz CT molecular complexity index is 682. The number of nitrogens with zero attached hydrogens (tertiary/aromatic N) is 2. The van der Waals surface area contributed by atoms with Crippen LogP contribution in [0.2, 0.25) is 0 Å². The molecule has 2 saturated heterocycles. The molecule has 25 heavy (non-hydrogen) atoms. The number of hydrogen-bond acceptors (Lipinski definition) is 5. The standard InChI is InChI=1S/C20H26N2O2S/c1-16-6-11-25-19(16)12-22-14-20(15-22)18(5-10-24-20)4-9-23-13-17-2-7-21-8-3-17/h2-3,6-8,11,18H,4-5,9-10,12-15H2,1H3. The second-order valence-electron chi connectivity index (χ2n) is 7.27. The van der Waals surface area contributed by atoms with Gasteiger partial charge < -0.3 is 9.47 Å². The largest absolute Gasteiger partial charge is 0.377 e. The molecule has 0 bridgehead atoms. The van der Waals surface area contributed by atoms with E-state index < -0.39 is 0 Å². The number of ether oxygens (including phenoxy) is 2. The van der Waals surface area contributed by atoms with Gasteiger partial charge in [-0.15, -0.1) is 11.3 Å². The Morgan fingerprint density at radius 1 is 1.32 bits per heavy atom. The lowest BCUT2D eigenvalue weighted by molar-refractivity contribution is -0.139. The van der Waals surface area contributed by atoms with Gasteiger partial charge in [-0.25, -0.2) is 0 Å². The van der Waals surface area contributed by atoms with Gasteiger partial charge in [0.05, 0.1) is 12.2 Å². The zero-order valence-corrected chi connectivity index (χ0v) is 15.6. The maximum Gasteiger partial charge on any atom is 0.0964 e. The molecule has 2 aromatic heterocycles. The van der Waals surface area contributed by atoms with Crippen molar-refractivity contribution in [3.8, 4) is 0 Å².